The van der Waals surface area contributed by atoms with Gasteiger partial charge in [0.2, 0.25) is 0 Å². The predicted octanol–water partition coefficient (Wildman–Crippen LogP) is 2.15. The van der Waals surface area contributed by atoms with E-state index in [0.717, 1.165) is 31.8 Å². The molecule has 1 aliphatic rings. The molecule has 4 nitrogen and oxygen atoms in total. The van der Waals surface area contributed by atoms with Gasteiger partial charge in [-0.2, -0.15) is 0 Å². The van der Waals surface area contributed by atoms with E-state index in [1.807, 2.05) is 0 Å². The van der Waals surface area contributed by atoms with Crippen molar-refractivity contribution in [1.29, 1.82) is 0 Å². The molecule has 0 radical (unpaired) electrons. The first-order chi connectivity index (χ1) is 9.40. The molecule has 1 aromatic carbocycles. The number of nitrogens with zero attached hydrogens (tertiary/aromatic N) is 2. The van der Waals surface area contributed by atoms with Crippen molar-refractivity contribution < 1.29 is 4.74 Å². The molecule has 1 atom stereocenters. The van der Waals surface area contributed by atoms with Gasteiger partial charge >= 0.3 is 0 Å². The van der Waals surface area contributed by atoms with Crippen molar-refractivity contribution in [3.8, 4) is 0 Å². The number of hydrogen-bond donors (Lipinski definition) is 1. The molecule has 0 aliphatic carbocycles. The van der Waals surface area contributed by atoms with Gasteiger partial charge in [0.1, 0.15) is 5.82 Å². The molecule has 1 aromatic heterocycles. The minimum absolute atomic E-state index is 0.526. The Kier molecular flexibility index (Phi) is 3.80. The largest absolute Gasteiger partial charge is 0.383 e. The molecule has 102 valence electrons. The maximum atomic E-state index is 5.24. The topological polar surface area (TPSA) is 39.1 Å². The standard InChI is InChI=1S/C15H21N3O/c1-19-10-9-18-14-7-3-2-6-13(14)17-15(18)12-5-4-8-16-11-12/h2-3,6-7,12,16H,4-5,8-11H2,1H3. The summed E-state index contributed by atoms with van der Waals surface area (Å²) in [4.78, 5) is 4.86. The highest BCUT2D eigenvalue weighted by molar-refractivity contribution is 5.76. The average molecular weight is 259 g/mol. The summed E-state index contributed by atoms with van der Waals surface area (Å²) in [6.45, 7) is 3.78. The summed E-state index contributed by atoms with van der Waals surface area (Å²) < 4.78 is 7.57. The number of ether oxygens (including phenoxy) is 1. The Bertz CT molecular complexity index is 543. The smallest absolute Gasteiger partial charge is 0.114 e. The van der Waals surface area contributed by atoms with Crippen LogP contribution in [0.25, 0.3) is 11.0 Å². The molecule has 1 aliphatic heterocycles. The maximum Gasteiger partial charge on any atom is 0.114 e. The molecule has 0 bridgehead atoms. The van der Waals surface area contributed by atoms with Gasteiger partial charge in [-0.05, 0) is 31.5 Å². The van der Waals surface area contributed by atoms with Crippen LogP contribution >= 0.6 is 0 Å². The van der Waals surface area contributed by atoms with E-state index < -0.39 is 0 Å². The van der Waals surface area contributed by atoms with Crippen LogP contribution in [-0.2, 0) is 11.3 Å². The van der Waals surface area contributed by atoms with E-state index in [4.69, 9.17) is 9.72 Å². The summed E-state index contributed by atoms with van der Waals surface area (Å²) in [5.74, 6) is 1.74. The number of fused-ring (bicyclic) bond motifs is 1. The Hall–Kier alpha value is -1.39. The van der Waals surface area contributed by atoms with E-state index in [9.17, 15) is 0 Å². The third kappa shape index (κ3) is 2.51. The van der Waals surface area contributed by atoms with Gasteiger partial charge in [0.05, 0.1) is 17.6 Å². The summed E-state index contributed by atoms with van der Waals surface area (Å²) in [5.41, 5.74) is 2.32. The normalized spacial score (nSPS) is 19.9. The van der Waals surface area contributed by atoms with E-state index in [0.29, 0.717) is 5.92 Å². The fourth-order valence-electron chi connectivity index (χ4n) is 2.90. The first kappa shape index (κ1) is 12.6. The Balaban J connectivity index is 2.00. The van der Waals surface area contributed by atoms with Gasteiger partial charge in [-0.15, -0.1) is 0 Å². The van der Waals surface area contributed by atoms with E-state index in [2.05, 4.69) is 34.1 Å². The van der Waals surface area contributed by atoms with E-state index in [-0.39, 0.29) is 0 Å². The molecule has 2 heterocycles. The first-order valence-corrected chi connectivity index (χ1v) is 7.05. The van der Waals surface area contributed by atoms with Gasteiger partial charge < -0.3 is 14.6 Å². The number of imidazole rings is 1. The second-order valence-electron chi connectivity index (χ2n) is 5.15. The summed E-state index contributed by atoms with van der Waals surface area (Å²) in [7, 11) is 1.75. The van der Waals surface area contributed by atoms with E-state index in [1.54, 1.807) is 7.11 Å². The monoisotopic (exact) mass is 259 g/mol. The zero-order valence-electron chi connectivity index (χ0n) is 11.4. The van der Waals surface area contributed by atoms with Crippen LogP contribution in [0.1, 0.15) is 24.6 Å². The summed E-state index contributed by atoms with van der Waals surface area (Å²) >= 11 is 0. The van der Waals surface area contributed by atoms with Crippen LogP contribution in [0.15, 0.2) is 24.3 Å². The minimum Gasteiger partial charge on any atom is -0.383 e. The van der Waals surface area contributed by atoms with Crippen LogP contribution in [0.5, 0.6) is 0 Å². The molecular weight excluding hydrogens is 238 g/mol. The molecule has 2 aromatic rings. The third-order valence-electron chi connectivity index (χ3n) is 3.87. The molecule has 0 saturated carbocycles. The molecule has 1 fully saturated rings. The maximum absolute atomic E-state index is 5.24. The van der Waals surface area contributed by atoms with Crippen LogP contribution in [0.3, 0.4) is 0 Å². The van der Waals surface area contributed by atoms with Crippen LogP contribution < -0.4 is 5.32 Å². The van der Waals surface area contributed by atoms with Gasteiger partial charge in [-0.1, -0.05) is 12.1 Å². The highest BCUT2D eigenvalue weighted by atomic mass is 16.5. The van der Waals surface area contributed by atoms with Crippen molar-refractivity contribution in [2.24, 2.45) is 0 Å². The van der Waals surface area contributed by atoms with Crippen molar-refractivity contribution in [3.63, 3.8) is 0 Å². The van der Waals surface area contributed by atoms with E-state index >= 15 is 0 Å². The van der Waals surface area contributed by atoms with Crippen molar-refractivity contribution in [3.05, 3.63) is 30.1 Å². The molecule has 4 heteroatoms. The van der Waals surface area contributed by atoms with Gasteiger partial charge in [0.25, 0.3) is 0 Å². The summed E-state index contributed by atoms with van der Waals surface area (Å²) in [5, 5.41) is 3.48. The molecule has 1 N–H and O–H groups in total. The lowest BCUT2D eigenvalue weighted by Crippen LogP contribution is -2.30. The van der Waals surface area contributed by atoms with Crippen molar-refractivity contribution in [1.82, 2.24) is 14.9 Å². The lowest BCUT2D eigenvalue weighted by Gasteiger charge is -2.23. The van der Waals surface area contributed by atoms with Crippen molar-refractivity contribution in [2.45, 2.75) is 25.3 Å². The van der Waals surface area contributed by atoms with Gasteiger partial charge in [0.15, 0.2) is 0 Å². The molecule has 0 amide bonds. The van der Waals surface area contributed by atoms with Gasteiger partial charge in [0, 0.05) is 26.1 Å². The molecule has 19 heavy (non-hydrogen) atoms. The molecule has 1 unspecified atom stereocenters. The Morgan fingerprint density at radius 1 is 1.42 bits per heavy atom. The second-order valence-corrected chi connectivity index (χ2v) is 5.15. The highest BCUT2D eigenvalue weighted by Crippen LogP contribution is 2.26. The number of methoxy groups -OCH3 is 1. The van der Waals surface area contributed by atoms with Crippen LogP contribution in [0, 0.1) is 0 Å². The first-order valence-electron chi connectivity index (χ1n) is 7.05. The lowest BCUT2D eigenvalue weighted by atomic mass is 9.99. The van der Waals surface area contributed by atoms with Crippen molar-refractivity contribution in [2.75, 3.05) is 26.8 Å². The molecular formula is C15H21N3O. The number of piperidine rings is 1. The lowest BCUT2D eigenvalue weighted by molar-refractivity contribution is 0.186. The Morgan fingerprint density at radius 2 is 2.32 bits per heavy atom. The predicted molar refractivity (Wildman–Crippen MR) is 76.5 cm³/mol. The Morgan fingerprint density at radius 3 is 3.11 bits per heavy atom. The van der Waals surface area contributed by atoms with Crippen LogP contribution in [-0.4, -0.2) is 36.4 Å². The average Bonchev–Trinajstić information content (AvgIpc) is 2.85. The summed E-state index contributed by atoms with van der Waals surface area (Å²) in [6, 6.07) is 8.38. The van der Waals surface area contributed by atoms with E-state index in [1.165, 1.54) is 24.2 Å². The number of nitrogens with one attached hydrogen (secondary N) is 1. The summed E-state index contributed by atoms with van der Waals surface area (Å²) in [6.07, 6.45) is 2.46. The number of hydrogen-bond acceptors (Lipinski definition) is 3. The third-order valence-corrected chi connectivity index (χ3v) is 3.87. The second kappa shape index (κ2) is 5.72. The number of rotatable bonds is 4. The highest BCUT2D eigenvalue weighted by Gasteiger charge is 2.21. The quantitative estimate of drug-likeness (QED) is 0.914. The van der Waals surface area contributed by atoms with Crippen molar-refractivity contribution >= 4 is 11.0 Å². The van der Waals surface area contributed by atoms with Crippen LogP contribution in [0.2, 0.25) is 0 Å². The number of benzene rings is 1. The van der Waals surface area contributed by atoms with Gasteiger partial charge in [-0.3, -0.25) is 0 Å². The fourth-order valence-corrected chi connectivity index (χ4v) is 2.90. The zero-order valence-corrected chi connectivity index (χ0v) is 11.4. The number of para-hydroxylation sites is 2. The SMILES string of the molecule is COCCn1c(C2CCCNC2)nc2ccccc21. The zero-order chi connectivity index (χ0) is 13.1. The molecule has 1 saturated heterocycles. The van der Waals surface area contributed by atoms with Crippen LogP contribution in [0.4, 0.5) is 0 Å². The molecule has 0 spiro atoms. The minimum atomic E-state index is 0.526. The van der Waals surface area contributed by atoms with Gasteiger partial charge in [-0.25, -0.2) is 4.98 Å². The fraction of sp³-hybridized carbons (Fsp3) is 0.533. The Labute approximate surface area is 113 Å². The molecule has 3 rings (SSSR count). The number of aromatic nitrogens is 2.